The molecule has 0 bridgehead atoms. The lowest BCUT2D eigenvalue weighted by Crippen LogP contribution is -2.10. The molecule has 0 heterocycles. The maximum Gasteiger partial charge on any atom is 0.152 e. The van der Waals surface area contributed by atoms with Gasteiger partial charge in [0.05, 0.1) is 0 Å². The van der Waals surface area contributed by atoms with Crippen molar-refractivity contribution < 1.29 is 4.79 Å². The number of hydrogen-bond acceptors (Lipinski definition) is 1. The SMILES string of the molecule is CC(=O)/C=C(\C)c1ccc(C(C)(C)C)cc1. The van der Waals surface area contributed by atoms with Crippen LogP contribution in [-0.4, -0.2) is 5.78 Å². The molecule has 0 saturated carbocycles. The van der Waals surface area contributed by atoms with Crippen LogP contribution in [0.5, 0.6) is 0 Å². The molecule has 0 aliphatic rings. The van der Waals surface area contributed by atoms with Gasteiger partial charge in [0, 0.05) is 0 Å². The summed E-state index contributed by atoms with van der Waals surface area (Å²) in [6, 6.07) is 8.42. The lowest BCUT2D eigenvalue weighted by atomic mass is 9.86. The zero-order valence-electron chi connectivity index (χ0n) is 10.8. The molecular weight excluding hydrogens is 196 g/mol. The number of benzene rings is 1. The van der Waals surface area contributed by atoms with Crippen molar-refractivity contribution in [1.29, 1.82) is 0 Å². The fourth-order valence-electron chi connectivity index (χ4n) is 1.62. The van der Waals surface area contributed by atoms with Crippen LogP contribution in [0.25, 0.3) is 5.57 Å². The molecule has 0 fully saturated rings. The average Bonchev–Trinajstić information content (AvgIpc) is 2.15. The van der Waals surface area contributed by atoms with E-state index in [1.54, 1.807) is 13.0 Å². The summed E-state index contributed by atoms with van der Waals surface area (Å²) in [6.45, 7) is 10.1. The molecule has 0 saturated heterocycles. The minimum absolute atomic E-state index is 0.0948. The van der Waals surface area contributed by atoms with Gasteiger partial charge in [-0.2, -0.15) is 0 Å². The Balaban J connectivity index is 3.00. The van der Waals surface area contributed by atoms with Crippen LogP contribution in [0.2, 0.25) is 0 Å². The van der Waals surface area contributed by atoms with Gasteiger partial charge in [0.15, 0.2) is 5.78 Å². The normalized spacial score (nSPS) is 12.7. The van der Waals surface area contributed by atoms with Gasteiger partial charge in [-0.3, -0.25) is 4.79 Å². The summed E-state index contributed by atoms with van der Waals surface area (Å²) in [7, 11) is 0. The van der Waals surface area contributed by atoms with E-state index in [0.717, 1.165) is 11.1 Å². The van der Waals surface area contributed by atoms with Crippen molar-refractivity contribution in [3.05, 3.63) is 41.5 Å². The summed E-state index contributed by atoms with van der Waals surface area (Å²) in [6.07, 6.45) is 1.67. The molecule has 0 N–H and O–H groups in total. The van der Waals surface area contributed by atoms with E-state index in [0.29, 0.717) is 0 Å². The Morgan fingerprint density at radius 3 is 1.94 bits per heavy atom. The maximum atomic E-state index is 11.0. The minimum Gasteiger partial charge on any atom is -0.295 e. The molecule has 0 atom stereocenters. The number of allylic oxidation sites excluding steroid dienone is 2. The standard InChI is InChI=1S/C15H20O/c1-11(10-12(2)16)13-6-8-14(9-7-13)15(3,4)5/h6-10H,1-5H3/b11-10+. The highest BCUT2D eigenvalue weighted by molar-refractivity contribution is 5.94. The van der Waals surface area contributed by atoms with Crippen LogP contribution in [-0.2, 0) is 10.2 Å². The van der Waals surface area contributed by atoms with E-state index < -0.39 is 0 Å². The number of carbonyl (C=O) groups is 1. The second-order valence-corrected chi connectivity index (χ2v) is 5.27. The monoisotopic (exact) mass is 216 g/mol. The Morgan fingerprint density at radius 1 is 1.06 bits per heavy atom. The summed E-state index contributed by atoms with van der Waals surface area (Å²) in [4.78, 5) is 11.0. The zero-order chi connectivity index (χ0) is 12.3. The van der Waals surface area contributed by atoms with E-state index in [-0.39, 0.29) is 11.2 Å². The van der Waals surface area contributed by atoms with Crippen LogP contribution in [0.1, 0.15) is 45.7 Å². The van der Waals surface area contributed by atoms with Gasteiger partial charge < -0.3 is 0 Å². The number of carbonyl (C=O) groups excluding carboxylic acids is 1. The molecule has 0 aliphatic carbocycles. The van der Waals surface area contributed by atoms with Crippen LogP contribution >= 0.6 is 0 Å². The van der Waals surface area contributed by atoms with Crippen molar-refractivity contribution in [3.63, 3.8) is 0 Å². The predicted molar refractivity (Wildman–Crippen MR) is 69.5 cm³/mol. The van der Waals surface area contributed by atoms with Crippen LogP contribution in [0.3, 0.4) is 0 Å². The van der Waals surface area contributed by atoms with Crippen molar-refractivity contribution in [3.8, 4) is 0 Å². The molecule has 0 spiro atoms. The molecule has 0 amide bonds. The van der Waals surface area contributed by atoms with Crippen molar-refractivity contribution in [2.75, 3.05) is 0 Å². The van der Waals surface area contributed by atoms with Gasteiger partial charge >= 0.3 is 0 Å². The molecule has 0 aromatic heterocycles. The van der Waals surface area contributed by atoms with Crippen LogP contribution in [0.4, 0.5) is 0 Å². The molecule has 1 nitrogen and oxygen atoms in total. The molecule has 86 valence electrons. The number of rotatable bonds is 2. The molecule has 1 aromatic rings. The summed E-state index contributed by atoms with van der Waals surface area (Å²) < 4.78 is 0. The first-order valence-electron chi connectivity index (χ1n) is 5.60. The van der Waals surface area contributed by atoms with E-state index in [9.17, 15) is 4.79 Å². The van der Waals surface area contributed by atoms with Gasteiger partial charge in [-0.25, -0.2) is 0 Å². The van der Waals surface area contributed by atoms with E-state index in [2.05, 4.69) is 45.0 Å². The van der Waals surface area contributed by atoms with Gasteiger partial charge in [-0.1, -0.05) is 45.0 Å². The first kappa shape index (κ1) is 12.7. The van der Waals surface area contributed by atoms with Crippen molar-refractivity contribution in [1.82, 2.24) is 0 Å². The quantitative estimate of drug-likeness (QED) is 0.683. The zero-order valence-corrected chi connectivity index (χ0v) is 10.8. The summed E-state index contributed by atoms with van der Waals surface area (Å²) in [5.74, 6) is 0.0948. The number of ketones is 1. The van der Waals surface area contributed by atoms with Gasteiger partial charge in [0.1, 0.15) is 0 Å². The van der Waals surface area contributed by atoms with Gasteiger partial charge in [-0.15, -0.1) is 0 Å². The Hall–Kier alpha value is -1.37. The molecule has 1 rings (SSSR count). The molecule has 1 heteroatoms. The van der Waals surface area contributed by atoms with E-state index >= 15 is 0 Å². The van der Waals surface area contributed by atoms with Crippen LogP contribution in [0.15, 0.2) is 30.3 Å². The lowest BCUT2D eigenvalue weighted by Gasteiger charge is -2.19. The third kappa shape index (κ3) is 3.34. The lowest BCUT2D eigenvalue weighted by molar-refractivity contribution is -0.112. The Kier molecular flexibility index (Phi) is 3.69. The number of hydrogen-bond donors (Lipinski definition) is 0. The average molecular weight is 216 g/mol. The second-order valence-electron chi connectivity index (χ2n) is 5.27. The van der Waals surface area contributed by atoms with Crippen LogP contribution in [0, 0.1) is 0 Å². The predicted octanol–water partition coefficient (Wildman–Crippen LogP) is 3.98. The smallest absolute Gasteiger partial charge is 0.152 e. The van der Waals surface area contributed by atoms with E-state index in [1.807, 2.05) is 6.92 Å². The highest BCUT2D eigenvalue weighted by Gasteiger charge is 2.12. The topological polar surface area (TPSA) is 17.1 Å². The highest BCUT2D eigenvalue weighted by Crippen LogP contribution is 2.24. The summed E-state index contributed by atoms with van der Waals surface area (Å²) in [5.41, 5.74) is 3.62. The van der Waals surface area contributed by atoms with Crippen LogP contribution < -0.4 is 0 Å². The minimum atomic E-state index is 0.0948. The van der Waals surface area contributed by atoms with E-state index in [4.69, 9.17) is 0 Å². The summed E-state index contributed by atoms with van der Waals surface area (Å²) in [5, 5.41) is 0. The molecule has 1 aromatic carbocycles. The maximum absolute atomic E-state index is 11.0. The third-order valence-electron chi connectivity index (χ3n) is 2.63. The highest BCUT2D eigenvalue weighted by atomic mass is 16.1. The fourth-order valence-corrected chi connectivity index (χ4v) is 1.62. The first-order valence-corrected chi connectivity index (χ1v) is 5.60. The van der Waals surface area contributed by atoms with Gasteiger partial charge in [-0.05, 0) is 42.0 Å². The Morgan fingerprint density at radius 2 is 1.56 bits per heavy atom. The molecule has 0 aliphatic heterocycles. The Labute approximate surface area is 98.2 Å². The van der Waals surface area contributed by atoms with E-state index in [1.165, 1.54) is 5.56 Å². The Bertz CT molecular complexity index is 402. The van der Waals surface area contributed by atoms with Gasteiger partial charge in [0.25, 0.3) is 0 Å². The molecular formula is C15H20O. The molecule has 16 heavy (non-hydrogen) atoms. The summed E-state index contributed by atoms with van der Waals surface area (Å²) >= 11 is 0. The molecule has 0 radical (unpaired) electrons. The second kappa shape index (κ2) is 4.65. The van der Waals surface area contributed by atoms with Crippen molar-refractivity contribution >= 4 is 11.4 Å². The molecule has 0 unspecified atom stereocenters. The van der Waals surface area contributed by atoms with Gasteiger partial charge in [0.2, 0.25) is 0 Å². The first-order chi connectivity index (χ1) is 7.30. The van der Waals surface area contributed by atoms with Crippen molar-refractivity contribution in [2.24, 2.45) is 0 Å². The van der Waals surface area contributed by atoms with Crippen molar-refractivity contribution in [2.45, 2.75) is 40.0 Å². The fraction of sp³-hybridized carbons (Fsp3) is 0.400. The third-order valence-corrected chi connectivity index (χ3v) is 2.63. The largest absolute Gasteiger partial charge is 0.295 e.